The molecule has 0 aliphatic rings. The molecular weight excluding hydrogens is 328 g/mol. The first-order valence-electron chi connectivity index (χ1n) is 8.76. The number of nitrogens with one attached hydrogen (secondary N) is 2. The number of alkyl carbamates (subject to hydrolysis) is 1. The Bertz CT molecular complexity index is 886. The van der Waals surface area contributed by atoms with E-state index in [-0.39, 0.29) is 6.09 Å². The van der Waals surface area contributed by atoms with Gasteiger partial charge in [-0.1, -0.05) is 24.3 Å². The summed E-state index contributed by atoms with van der Waals surface area (Å²) in [6.45, 7) is 2.96. The van der Waals surface area contributed by atoms with Crippen LogP contribution >= 0.6 is 0 Å². The molecule has 0 aliphatic heterocycles. The number of hydrogen-bond acceptors (Lipinski definition) is 3. The number of aryl methyl sites for hydroxylation is 1. The maximum atomic E-state index is 11.8. The number of carbonyl (C=O) groups excluding carboxylic acids is 1. The highest BCUT2D eigenvalue weighted by Crippen LogP contribution is 2.23. The van der Waals surface area contributed by atoms with Gasteiger partial charge in [-0.25, -0.2) is 4.79 Å². The number of carbonyl (C=O) groups is 1. The Labute approximate surface area is 153 Å². The molecule has 3 rings (SSSR count). The van der Waals surface area contributed by atoms with Crippen molar-refractivity contribution in [2.75, 3.05) is 20.3 Å². The number of methoxy groups -OCH3 is 1. The molecule has 0 bridgehead atoms. The van der Waals surface area contributed by atoms with Crippen molar-refractivity contribution < 1.29 is 14.3 Å². The van der Waals surface area contributed by atoms with Gasteiger partial charge >= 0.3 is 6.09 Å². The fourth-order valence-corrected chi connectivity index (χ4v) is 2.99. The molecule has 0 fully saturated rings. The van der Waals surface area contributed by atoms with Gasteiger partial charge in [0.2, 0.25) is 0 Å². The molecule has 5 nitrogen and oxygen atoms in total. The van der Waals surface area contributed by atoms with Crippen LogP contribution in [-0.2, 0) is 17.6 Å². The van der Waals surface area contributed by atoms with Crippen molar-refractivity contribution in [3.63, 3.8) is 0 Å². The summed E-state index contributed by atoms with van der Waals surface area (Å²) in [5.74, 6) is 0.821. The van der Waals surface area contributed by atoms with Gasteiger partial charge < -0.3 is 19.8 Å². The van der Waals surface area contributed by atoms with Crippen LogP contribution in [0.2, 0.25) is 0 Å². The topological polar surface area (TPSA) is 63.3 Å². The Morgan fingerprint density at radius 1 is 1.12 bits per heavy atom. The molecule has 5 heteroatoms. The first-order chi connectivity index (χ1) is 12.7. The minimum absolute atomic E-state index is 0.376. The highest BCUT2D eigenvalue weighted by molar-refractivity contribution is 5.84. The van der Waals surface area contributed by atoms with E-state index in [1.807, 2.05) is 36.5 Å². The van der Waals surface area contributed by atoms with Crippen LogP contribution in [0, 0.1) is 6.92 Å². The Hall–Kier alpha value is -2.95. The summed E-state index contributed by atoms with van der Waals surface area (Å²) in [7, 11) is 1.65. The molecule has 0 saturated heterocycles. The molecule has 1 heterocycles. The Morgan fingerprint density at radius 3 is 2.77 bits per heavy atom. The lowest BCUT2D eigenvalue weighted by atomic mass is 10.1. The summed E-state index contributed by atoms with van der Waals surface area (Å²) in [4.78, 5) is 15.1. The van der Waals surface area contributed by atoms with Crippen LogP contribution in [0.5, 0.6) is 5.75 Å². The number of H-pyrrole nitrogens is 1. The van der Waals surface area contributed by atoms with Gasteiger partial charge in [-0.3, -0.25) is 0 Å². The fourth-order valence-electron chi connectivity index (χ4n) is 2.99. The van der Waals surface area contributed by atoms with Crippen molar-refractivity contribution in [2.24, 2.45) is 0 Å². The second kappa shape index (κ2) is 8.43. The van der Waals surface area contributed by atoms with Crippen molar-refractivity contribution in [1.29, 1.82) is 0 Å². The molecule has 0 spiro atoms. The minimum atomic E-state index is -0.379. The minimum Gasteiger partial charge on any atom is -0.497 e. The number of benzene rings is 2. The van der Waals surface area contributed by atoms with Gasteiger partial charge in [0, 0.05) is 30.1 Å². The molecule has 1 amide bonds. The highest BCUT2D eigenvalue weighted by atomic mass is 16.5. The number of aromatic nitrogens is 1. The summed E-state index contributed by atoms with van der Waals surface area (Å²) in [5, 5.41) is 3.92. The molecular formula is C21H24N2O3. The van der Waals surface area contributed by atoms with Crippen LogP contribution in [0.3, 0.4) is 0 Å². The highest BCUT2D eigenvalue weighted by Gasteiger charge is 2.07. The van der Waals surface area contributed by atoms with E-state index in [4.69, 9.17) is 9.47 Å². The SMILES string of the molecule is COc1ccc2[nH]cc(CCNC(=O)OCCc3ccccc3C)c2c1. The van der Waals surface area contributed by atoms with Gasteiger partial charge in [-0.2, -0.15) is 0 Å². The lowest BCUT2D eigenvalue weighted by Gasteiger charge is -2.08. The van der Waals surface area contributed by atoms with Crippen molar-refractivity contribution in [3.05, 3.63) is 65.4 Å². The third-order valence-electron chi connectivity index (χ3n) is 4.50. The quantitative estimate of drug-likeness (QED) is 0.676. The second-order valence-electron chi connectivity index (χ2n) is 6.21. The van der Waals surface area contributed by atoms with Gasteiger partial charge in [-0.15, -0.1) is 0 Å². The van der Waals surface area contributed by atoms with E-state index in [1.54, 1.807) is 7.11 Å². The average molecular weight is 352 g/mol. The number of rotatable bonds is 7. The zero-order valence-electron chi connectivity index (χ0n) is 15.2. The fraction of sp³-hybridized carbons (Fsp3) is 0.286. The van der Waals surface area contributed by atoms with Crippen molar-refractivity contribution in [2.45, 2.75) is 19.8 Å². The number of amides is 1. The Balaban J connectivity index is 1.44. The zero-order chi connectivity index (χ0) is 18.4. The maximum Gasteiger partial charge on any atom is 0.407 e. The first kappa shape index (κ1) is 17.9. The Kier molecular flexibility index (Phi) is 5.79. The van der Waals surface area contributed by atoms with Crippen molar-refractivity contribution >= 4 is 17.0 Å². The van der Waals surface area contributed by atoms with E-state index < -0.39 is 0 Å². The zero-order valence-corrected chi connectivity index (χ0v) is 15.2. The van der Waals surface area contributed by atoms with E-state index in [9.17, 15) is 4.79 Å². The maximum absolute atomic E-state index is 11.8. The predicted molar refractivity (Wildman–Crippen MR) is 103 cm³/mol. The molecule has 0 saturated carbocycles. The van der Waals surface area contributed by atoms with Crippen LogP contribution in [0.25, 0.3) is 10.9 Å². The third kappa shape index (κ3) is 4.36. The normalized spacial score (nSPS) is 10.7. The van der Waals surface area contributed by atoms with Gasteiger partial charge in [0.25, 0.3) is 0 Å². The number of ether oxygens (including phenoxy) is 2. The molecule has 0 unspecified atom stereocenters. The van der Waals surface area contributed by atoms with Crippen molar-refractivity contribution in [1.82, 2.24) is 10.3 Å². The largest absolute Gasteiger partial charge is 0.497 e. The summed E-state index contributed by atoms with van der Waals surface area (Å²) in [6, 6.07) is 14.0. The molecule has 26 heavy (non-hydrogen) atoms. The van der Waals surface area contributed by atoms with Gasteiger partial charge in [-0.05, 0) is 48.2 Å². The molecule has 2 aromatic carbocycles. The smallest absolute Gasteiger partial charge is 0.407 e. The number of hydrogen-bond donors (Lipinski definition) is 2. The number of fused-ring (bicyclic) bond motifs is 1. The van der Waals surface area contributed by atoms with Crippen LogP contribution in [0.1, 0.15) is 16.7 Å². The lowest BCUT2D eigenvalue weighted by molar-refractivity contribution is 0.147. The molecule has 0 radical (unpaired) electrons. The van der Waals surface area contributed by atoms with E-state index in [2.05, 4.69) is 29.4 Å². The van der Waals surface area contributed by atoms with Gasteiger partial charge in [0.05, 0.1) is 13.7 Å². The van der Waals surface area contributed by atoms with E-state index in [0.717, 1.165) is 35.1 Å². The van der Waals surface area contributed by atoms with Crippen molar-refractivity contribution in [3.8, 4) is 5.75 Å². The van der Waals surface area contributed by atoms with E-state index in [1.165, 1.54) is 11.1 Å². The molecule has 1 aromatic heterocycles. The van der Waals surface area contributed by atoms with Gasteiger partial charge in [0.1, 0.15) is 5.75 Å². The average Bonchev–Trinajstić information content (AvgIpc) is 3.05. The molecule has 2 N–H and O–H groups in total. The summed E-state index contributed by atoms with van der Waals surface area (Å²) < 4.78 is 10.5. The monoisotopic (exact) mass is 352 g/mol. The lowest BCUT2D eigenvalue weighted by Crippen LogP contribution is -2.27. The second-order valence-corrected chi connectivity index (χ2v) is 6.21. The number of aromatic amines is 1. The van der Waals surface area contributed by atoms with Crippen LogP contribution in [0.15, 0.2) is 48.7 Å². The van der Waals surface area contributed by atoms with Gasteiger partial charge in [0.15, 0.2) is 0 Å². The predicted octanol–water partition coefficient (Wildman–Crippen LogP) is 4.00. The molecule has 0 aliphatic carbocycles. The van der Waals surface area contributed by atoms with Crippen LogP contribution < -0.4 is 10.1 Å². The standard InChI is InChI=1S/C21H24N2O3/c1-15-5-3-4-6-16(15)10-12-26-21(24)22-11-9-17-14-23-20-8-7-18(25-2)13-19(17)20/h3-8,13-14,23H,9-12H2,1-2H3,(H,22,24). The van der Waals surface area contributed by atoms with E-state index >= 15 is 0 Å². The first-order valence-corrected chi connectivity index (χ1v) is 8.76. The summed E-state index contributed by atoms with van der Waals surface area (Å²) >= 11 is 0. The summed E-state index contributed by atoms with van der Waals surface area (Å²) in [5.41, 5.74) is 4.61. The molecule has 3 aromatic rings. The van der Waals surface area contributed by atoms with E-state index in [0.29, 0.717) is 13.2 Å². The molecule has 0 atom stereocenters. The van der Waals surface area contributed by atoms with Crippen LogP contribution in [0.4, 0.5) is 4.79 Å². The third-order valence-corrected chi connectivity index (χ3v) is 4.50. The molecule has 136 valence electrons. The van der Waals surface area contributed by atoms with Crippen LogP contribution in [-0.4, -0.2) is 31.3 Å². The summed E-state index contributed by atoms with van der Waals surface area (Å²) in [6.07, 6.45) is 3.04. The Morgan fingerprint density at radius 2 is 1.96 bits per heavy atom.